The fourth-order valence-electron chi connectivity index (χ4n) is 4.73. The van der Waals surface area contributed by atoms with Crippen LogP contribution in [0.15, 0.2) is 152 Å². The number of rotatable bonds is 9. The second-order valence-electron chi connectivity index (χ2n) is 8.73. The van der Waals surface area contributed by atoms with Crippen LogP contribution < -0.4 is 21.2 Å². The lowest BCUT2D eigenvalue weighted by Gasteiger charge is -2.33. The normalized spacial score (nSPS) is 13.0. The van der Waals surface area contributed by atoms with E-state index in [0.717, 1.165) is 0 Å². The molecule has 0 radical (unpaired) electrons. The minimum atomic E-state index is -0.932. The van der Waals surface area contributed by atoms with E-state index < -0.39 is 21.7 Å². The van der Waals surface area contributed by atoms with Crippen LogP contribution >= 0.6 is 15.8 Å². The number of aliphatic hydroxyl groups excluding tert-OH is 1. The fourth-order valence-corrected chi connectivity index (χ4v) is 10.2. The predicted octanol–water partition coefficient (Wildman–Crippen LogP) is 6.70. The van der Waals surface area contributed by atoms with Gasteiger partial charge in [-0.15, -0.1) is 0 Å². The van der Waals surface area contributed by atoms with Gasteiger partial charge >= 0.3 is 0 Å². The summed E-state index contributed by atoms with van der Waals surface area (Å²) in [6, 6.07) is 53.5. The molecule has 2 unspecified atom stereocenters. The first-order valence-electron chi connectivity index (χ1n) is 12.3. The van der Waals surface area contributed by atoms with Gasteiger partial charge in [-0.1, -0.05) is 152 Å². The van der Waals surface area contributed by atoms with Crippen molar-refractivity contribution in [3.05, 3.63) is 157 Å². The van der Waals surface area contributed by atoms with Crippen molar-refractivity contribution in [2.24, 2.45) is 0 Å². The van der Waals surface area contributed by atoms with E-state index in [2.05, 4.69) is 140 Å². The molecule has 0 aliphatic rings. The van der Waals surface area contributed by atoms with Crippen LogP contribution in [-0.2, 0) is 0 Å². The zero-order chi connectivity index (χ0) is 24.6. The highest BCUT2D eigenvalue weighted by atomic mass is 31.1. The second-order valence-corrected chi connectivity index (χ2v) is 13.5. The smallest absolute Gasteiger partial charge is 0.0823 e. The Morgan fingerprint density at radius 2 is 0.722 bits per heavy atom. The first kappa shape index (κ1) is 24.6. The van der Waals surface area contributed by atoms with Crippen molar-refractivity contribution in [3.63, 3.8) is 0 Å². The summed E-state index contributed by atoms with van der Waals surface area (Å²) in [5, 5.41) is 17.1. The maximum atomic E-state index is 12.0. The molecule has 1 N–H and O–H groups in total. The molecule has 3 heteroatoms. The summed E-state index contributed by atoms with van der Waals surface area (Å²) in [6.45, 7) is 0. The van der Waals surface area contributed by atoms with Crippen LogP contribution in [-0.4, -0.2) is 11.0 Å². The first-order chi connectivity index (χ1) is 17.8. The van der Waals surface area contributed by atoms with Crippen molar-refractivity contribution in [2.45, 2.75) is 17.9 Å². The summed E-state index contributed by atoms with van der Waals surface area (Å²) in [6.07, 6.45) is 0.689. The third-order valence-corrected chi connectivity index (χ3v) is 11.7. The first-order valence-corrected chi connectivity index (χ1v) is 15.1. The van der Waals surface area contributed by atoms with Crippen molar-refractivity contribution >= 4 is 37.1 Å². The molecule has 5 aromatic rings. The average molecular weight is 505 g/mol. The quantitative estimate of drug-likeness (QED) is 0.222. The van der Waals surface area contributed by atoms with E-state index in [-0.39, 0.29) is 5.66 Å². The molecule has 0 saturated carbocycles. The SMILES string of the molecule is OC(CC(c1ccccc1)P(c1ccccc1)c1ccccc1)P(c1ccccc1)c1ccccc1. The number of hydrogen-bond acceptors (Lipinski definition) is 1. The Hall–Kier alpha value is -3.08. The molecule has 0 saturated heterocycles. The highest BCUT2D eigenvalue weighted by Crippen LogP contribution is 2.55. The molecule has 0 aromatic heterocycles. The monoisotopic (exact) mass is 504 g/mol. The summed E-state index contributed by atoms with van der Waals surface area (Å²) in [5.74, 6) is -0.479. The van der Waals surface area contributed by atoms with Crippen molar-refractivity contribution in [1.29, 1.82) is 0 Å². The minimum absolute atomic E-state index is 0.179. The molecule has 0 aliphatic heterocycles. The van der Waals surface area contributed by atoms with E-state index in [1.807, 2.05) is 12.1 Å². The van der Waals surface area contributed by atoms with Gasteiger partial charge < -0.3 is 5.11 Å². The zero-order valence-electron chi connectivity index (χ0n) is 20.1. The van der Waals surface area contributed by atoms with E-state index in [1.165, 1.54) is 26.8 Å². The Kier molecular flexibility index (Phi) is 8.37. The average Bonchev–Trinajstić information content (AvgIpc) is 2.96. The molecular weight excluding hydrogens is 474 g/mol. The second kappa shape index (κ2) is 12.2. The molecule has 5 aromatic carbocycles. The highest BCUT2D eigenvalue weighted by molar-refractivity contribution is 7.74. The molecule has 178 valence electrons. The maximum Gasteiger partial charge on any atom is 0.0823 e. The fraction of sp³-hybridized carbons (Fsp3) is 0.0909. The van der Waals surface area contributed by atoms with Crippen molar-refractivity contribution < 1.29 is 5.11 Å². The largest absolute Gasteiger partial charge is 0.388 e. The third kappa shape index (κ3) is 5.83. The Morgan fingerprint density at radius 1 is 0.417 bits per heavy atom. The topological polar surface area (TPSA) is 20.2 Å². The van der Waals surface area contributed by atoms with E-state index >= 15 is 0 Å². The Labute approximate surface area is 217 Å². The van der Waals surface area contributed by atoms with Crippen LogP contribution in [0.2, 0.25) is 0 Å². The van der Waals surface area contributed by atoms with E-state index in [4.69, 9.17) is 0 Å². The van der Waals surface area contributed by atoms with Crippen LogP contribution in [0.5, 0.6) is 0 Å². The van der Waals surface area contributed by atoms with E-state index in [0.29, 0.717) is 6.42 Å². The van der Waals surface area contributed by atoms with Gasteiger partial charge in [0.15, 0.2) is 0 Å². The molecule has 0 fully saturated rings. The lowest BCUT2D eigenvalue weighted by molar-refractivity contribution is 0.247. The van der Waals surface area contributed by atoms with Crippen molar-refractivity contribution in [2.75, 3.05) is 0 Å². The van der Waals surface area contributed by atoms with E-state index in [9.17, 15) is 5.11 Å². The van der Waals surface area contributed by atoms with Crippen molar-refractivity contribution in [3.8, 4) is 0 Å². The van der Waals surface area contributed by atoms with Gasteiger partial charge in [0.05, 0.1) is 5.85 Å². The number of hydrogen-bond donors (Lipinski definition) is 1. The number of aliphatic hydroxyl groups is 1. The van der Waals surface area contributed by atoms with Crippen LogP contribution in [0.4, 0.5) is 0 Å². The molecule has 0 aliphatic carbocycles. The van der Waals surface area contributed by atoms with Gasteiger partial charge in [0.25, 0.3) is 0 Å². The standard InChI is InChI=1S/C33H30OP2/c34-33(36(30-22-12-4-13-23-30)31-24-14-5-15-25-31)26-32(27-16-6-1-7-17-27)35(28-18-8-2-9-19-28)29-20-10-3-11-21-29/h1-25,32-34H,26H2. The third-order valence-electron chi connectivity index (χ3n) is 6.37. The summed E-state index contributed by atoms with van der Waals surface area (Å²) >= 11 is 0. The lowest BCUT2D eigenvalue weighted by atomic mass is 10.1. The van der Waals surface area contributed by atoms with Crippen molar-refractivity contribution in [1.82, 2.24) is 0 Å². The van der Waals surface area contributed by atoms with Gasteiger partial charge in [0, 0.05) is 5.66 Å². The zero-order valence-corrected chi connectivity index (χ0v) is 21.9. The van der Waals surface area contributed by atoms with Gasteiger partial charge in [0.1, 0.15) is 0 Å². The Morgan fingerprint density at radius 3 is 1.08 bits per heavy atom. The summed E-state index contributed by atoms with van der Waals surface area (Å²) in [7, 11) is -1.67. The molecule has 1 nitrogen and oxygen atoms in total. The van der Waals surface area contributed by atoms with Gasteiger partial charge in [-0.25, -0.2) is 0 Å². The molecule has 0 amide bonds. The summed E-state index contributed by atoms with van der Waals surface area (Å²) < 4.78 is 0. The molecule has 0 heterocycles. The van der Waals surface area contributed by atoms with Crippen LogP contribution in [0.3, 0.4) is 0 Å². The highest BCUT2D eigenvalue weighted by Gasteiger charge is 2.32. The molecule has 2 atom stereocenters. The molecule has 0 spiro atoms. The predicted molar refractivity (Wildman–Crippen MR) is 158 cm³/mol. The van der Waals surface area contributed by atoms with Gasteiger partial charge in [-0.05, 0) is 49.0 Å². The van der Waals surface area contributed by atoms with Gasteiger partial charge in [0.2, 0.25) is 0 Å². The summed E-state index contributed by atoms with van der Waals surface area (Å²) in [4.78, 5) is 0. The molecule has 0 bridgehead atoms. The van der Waals surface area contributed by atoms with Gasteiger partial charge in [-0.3, -0.25) is 0 Å². The number of benzene rings is 5. The molecular formula is C33H30OP2. The Bertz CT molecular complexity index is 1230. The van der Waals surface area contributed by atoms with Gasteiger partial charge in [-0.2, -0.15) is 0 Å². The maximum absolute atomic E-state index is 12.0. The Balaban J connectivity index is 1.60. The minimum Gasteiger partial charge on any atom is -0.388 e. The van der Waals surface area contributed by atoms with Crippen LogP contribution in [0.25, 0.3) is 0 Å². The summed E-state index contributed by atoms with van der Waals surface area (Å²) in [5.41, 5.74) is 1.46. The van der Waals surface area contributed by atoms with E-state index in [1.54, 1.807) is 0 Å². The lowest BCUT2D eigenvalue weighted by Crippen LogP contribution is -2.25. The molecule has 36 heavy (non-hydrogen) atoms. The van der Waals surface area contributed by atoms with Crippen LogP contribution in [0.1, 0.15) is 17.6 Å². The van der Waals surface area contributed by atoms with Crippen LogP contribution in [0, 0.1) is 0 Å². The molecule has 5 rings (SSSR count).